The Morgan fingerprint density at radius 3 is 1.56 bits per heavy atom. The monoisotopic (exact) mass is 370 g/mol. The molecule has 0 saturated carbocycles. The van der Waals surface area contributed by atoms with E-state index in [-0.39, 0.29) is 0 Å². The van der Waals surface area contributed by atoms with Crippen molar-refractivity contribution in [3.05, 3.63) is 33.4 Å². The van der Waals surface area contributed by atoms with Crippen LogP contribution in [0.5, 0.6) is 0 Å². The van der Waals surface area contributed by atoms with Gasteiger partial charge in [0.25, 0.3) is 11.8 Å². The summed E-state index contributed by atoms with van der Waals surface area (Å²) in [5.74, 6) is -1.93. The molecule has 2 aliphatic rings. The molecule has 1 atom stereocenters. The molecule has 1 aromatic rings. The number of carbonyl (C=O) groups is 4. The maximum absolute atomic E-state index is 13.3. The fourth-order valence-corrected chi connectivity index (χ4v) is 4.15. The van der Waals surface area contributed by atoms with Crippen molar-refractivity contribution in [2.75, 3.05) is 0 Å². The SMILES string of the molecule is Cc1c(C)c(C)c2c(c1C)C(=O)N(C1C(=O)NC(=O)C(C)(C)C1(C)C)C2=O. The fraction of sp³-hybridized carbons (Fsp3) is 0.524. The van der Waals surface area contributed by atoms with E-state index < -0.39 is 40.5 Å². The molecule has 3 rings (SSSR count). The van der Waals surface area contributed by atoms with Crippen LogP contribution in [-0.4, -0.2) is 34.6 Å². The van der Waals surface area contributed by atoms with E-state index in [1.807, 2.05) is 27.7 Å². The zero-order chi connectivity index (χ0) is 20.6. The summed E-state index contributed by atoms with van der Waals surface area (Å²) in [5.41, 5.74) is 2.35. The van der Waals surface area contributed by atoms with E-state index in [2.05, 4.69) is 5.32 Å². The van der Waals surface area contributed by atoms with Gasteiger partial charge >= 0.3 is 0 Å². The Hall–Kier alpha value is -2.50. The van der Waals surface area contributed by atoms with Gasteiger partial charge in [-0.05, 0) is 49.9 Å². The number of hydrogen-bond acceptors (Lipinski definition) is 4. The molecule has 1 fully saturated rings. The molecule has 4 amide bonds. The zero-order valence-electron chi connectivity index (χ0n) is 17.2. The van der Waals surface area contributed by atoms with Gasteiger partial charge in [-0.1, -0.05) is 27.7 Å². The van der Waals surface area contributed by atoms with Gasteiger partial charge in [0.2, 0.25) is 11.8 Å². The molecule has 1 saturated heterocycles. The number of fused-ring (bicyclic) bond motifs is 1. The lowest BCUT2D eigenvalue weighted by atomic mass is 9.60. The Kier molecular flexibility index (Phi) is 3.93. The van der Waals surface area contributed by atoms with Crippen LogP contribution in [0.4, 0.5) is 0 Å². The Bertz CT molecular complexity index is 893. The van der Waals surface area contributed by atoms with E-state index in [9.17, 15) is 19.2 Å². The van der Waals surface area contributed by atoms with Crippen LogP contribution in [-0.2, 0) is 9.59 Å². The third-order valence-electron chi connectivity index (χ3n) is 7.16. The highest BCUT2D eigenvalue weighted by atomic mass is 16.2. The maximum Gasteiger partial charge on any atom is 0.262 e. The smallest absolute Gasteiger partial charge is 0.262 e. The zero-order valence-corrected chi connectivity index (χ0v) is 17.2. The third kappa shape index (κ3) is 2.19. The van der Waals surface area contributed by atoms with E-state index in [0.29, 0.717) is 11.1 Å². The standard InChI is InChI=1S/C21H26N2O4/c1-9-10(2)12(4)14-13(11(9)3)17(25)23(18(14)26)15-16(24)22-19(27)21(7,8)20(15,5)6/h15H,1-8H3,(H,22,24,27). The summed E-state index contributed by atoms with van der Waals surface area (Å²) in [6.45, 7) is 14.5. The topological polar surface area (TPSA) is 83.6 Å². The summed E-state index contributed by atoms with van der Waals surface area (Å²) in [6.07, 6.45) is 0. The van der Waals surface area contributed by atoms with E-state index in [1.165, 1.54) is 0 Å². The maximum atomic E-state index is 13.3. The molecule has 144 valence electrons. The largest absolute Gasteiger partial charge is 0.294 e. The number of nitrogens with one attached hydrogen (secondary N) is 1. The predicted molar refractivity (Wildman–Crippen MR) is 100 cm³/mol. The van der Waals surface area contributed by atoms with Gasteiger partial charge in [-0.3, -0.25) is 29.4 Å². The van der Waals surface area contributed by atoms with E-state index in [1.54, 1.807) is 27.7 Å². The average molecular weight is 370 g/mol. The summed E-state index contributed by atoms with van der Waals surface area (Å²) in [5, 5.41) is 2.35. The highest BCUT2D eigenvalue weighted by Gasteiger charge is 2.60. The first-order chi connectivity index (χ1) is 12.3. The van der Waals surface area contributed by atoms with Crippen LogP contribution in [0.2, 0.25) is 0 Å². The molecule has 1 unspecified atom stereocenters. The van der Waals surface area contributed by atoms with Gasteiger partial charge in [0.05, 0.1) is 16.5 Å². The molecule has 6 heteroatoms. The Morgan fingerprint density at radius 2 is 1.15 bits per heavy atom. The van der Waals surface area contributed by atoms with Crippen molar-refractivity contribution in [3.8, 4) is 0 Å². The second-order valence-electron chi connectivity index (χ2n) is 8.80. The van der Waals surface area contributed by atoms with Crippen molar-refractivity contribution < 1.29 is 19.2 Å². The first-order valence-corrected chi connectivity index (χ1v) is 9.10. The minimum atomic E-state index is -1.06. The summed E-state index contributed by atoms with van der Waals surface area (Å²) < 4.78 is 0. The van der Waals surface area contributed by atoms with Gasteiger partial charge in [0, 0.05) is 5.41 Å². The molecule has 0 aromatic heterocycles. The normalized spacial score (nSPS) is 23.6. The van der Waals surface area contributed by atoms with Crippen LogP contribution >= 0.6 is 0 Å². The Morgan fingerprint density at radius 1 is 0.741 bits per heavy atom. The fourth-order valence-electron chi connectivity index (χ4n) is 4.15. The minimum absolute atomic E-state index is 0.374. The highest BCUT2D eigenvalue weighted by Crippen LogP contribution is 2.48. The minimum Gasteiger partial charge on any atom is -0.294 e. The molecule has 1 N–H and O–H groups in total. The van der Waals surface area contributed by atoms with Crippen molar-refractivity contribution in [2.24, 2.45) is 10.8 Å². The van der Waals surface area contributed by atoms with Gasteiger partial charge in [0.15, 0.2) is 0 Å². The number of nitrogens with zero attached hydrogens (tertiary/aromatic N) is 1. The Labute approximate surface area is 159 Å². The van der Waals surface area contributed by atoms with Crippen molar-refractivity contribution in [2.45, 2.75) is 61.4 Å². The van der Waals surface area contributed by atoms with Crippen molar-refractivity contribution >= 4 is 23.6 Å². The number of piperidine rings is 1. The number of carbonyl (C=O) groups excluding carboxylic acids is 4. The molecule has 1 aromatic carbocycles. The van der Waals surface area contributed by atoms with E-state index in [0.717, 1.165) is 27.2 Å². The highest BCUT2D eigenvalue weighted by molar-refractivity contribution is 6.25. The first kappa shape index (κ1) is 19.3. The first-order valence-electron chi connectivity index (χ1n) is 9.10. The molecule has 0 spiro atoms. The number of imide groups is 2. The molecular formula is C21H26N2O4. The summed E-state index contributed by atoms with van der Waals surface area (Å²) in [7, 11) is 0. The van der Waals surface area contributed by atoms with Crippen LogP contribution < -0.4 is 5.32 Å². The average Bonchev–Trinajstić information content (AvgIpc) is 2.81. The van der Waals surface area contributed by atoms with Crippen LogP contribution in [0, 0.1) is 38.5 Å². The van der Waals surface area contributed by atoms with Crippen molar-refractivity contribution in [3.63, 3.8) is 0 Å². The molecule has 2 aliphatic heterocycles. The Balaban J connectivity index is 2.23. The molecule has 27 heavy (non-hydrogen) atoms. The lowest BCUT2D eigenvalue weighted by molar-refractivity contribution is -0.155. The lowest BCUT2D eigenvalue weighted by Crippen LogP contribution is -2.68. The van der Waals surface area contributed by atoms with Crippen molar-refractivity contribution in [1.82, 2.24) is 10.2 Å². The van der Waals surface area contributed by atoms with Gasteiger partial charge < -0.3 is 0 Å². The summed E-state index contributed by atoms with van der Waals surface area (Å²) >= 11 is 0. The quantitative estimate of drug-likeness (QED) is 0.770. The molecule has 0 radical (unpaired) electrons. The van der Waals surface area contributed by atoms with Gasteiger partial charge in [0.1, 0.15) is 6.04 Å². The molecule has 6 nitrogen and oxygen atoms in total. The van der Waals surface area contributed by atoms with Gasteiger partial charge in [-0.2, -0.15) is 0 Å². The lowest BCUT2D eigenvalue weighted by Gasteiger charge is -2.50. The van der Waals surface area contributed by atoms with Crippen LogP contribution in [0.25, 0.3) is 0 Å². The number of benzene rings is 1. The summed E-state index contributed by atoms with van der Waals surface area (Å²) in [4.78, 5) is 52.8. The van der Waals surface area contributed by atoms with Crippen LogP contribution in [0.3, 0.4) is 0 Å². The number of hydrogen-bond donors (Lipinski definition) is 1. The number of amides is 4. The molecule has 0 bridgehead atoms. The predicted octanol–water partition coefficient (Wildman–Crippen LogP) is 2.59. The van der Waals surface area contributed by atoms with Gasteiger partial charge in [-0.25, -0.2) is 0 Å². The van der Waals surface area contributed by atoms with E-state index >= 15 is 0 Å². The van der Waals surface area contributed by atoms with E-state index in [4.69, 9.17) is 0 Å². The van der Waals surface area contributed by atoms with Crippen molar-refractivity contribution in [1.29, 1.82) is 0 Å². The second-order valence-corrected chi connectivity index (χ2v) is 8.80. The number of rotatable bonds is 1. The van der Waals surface area contributed by atoms with Gasteiger partial charge in [-0.15, -0.1) is 0 Å². The van der Waals surface area contributed by atoms with Crippen LogP contribution in [0.15, 0.2) is 0 Å². The summed E-state index contributed by atoms with van der Waals surface area (Å²) in [6, 6.07) is -1.06. The molecular weight excluding hydrogens is 344 g/mol. The molecule has 0 aliphatic carbocycles. The molecule has 2 heterocycles. The second kappa shape index (κ2) is 5.50. The third-order valence-corrected chi connectivity index (χ3v) is 7.16. The van der Waals surface area contributed by atoms with Crippen LogP contribution in [0.1, 0.15) is 70.7 Å².